The first kappa shape index (κ1) is 13.3. The van der Waals surface area contributed by atoms with Crippen LogP contribution in [0, 0.1) is 0 Å². The van der Waals surface area contributed by atoms with E-state index in [1.54, 1.807) is 11.3 Å². The van der Waals surface area contributed by atoms with Crippen molar-refractivity contribution in [1.82, 2.24) is 9.55 Å². The quantitative estimate of drug-likeness (QED) is 0.778. The third-order valence-corrected chi connectivity index (χ3v) is 4.39. The molecule has 0 radical (unpaired) electrons. The molecule has 4 heteroatoms. The molecule has 0 saturated heterocycles. The van der Waals surface area contributed by atoms with Crippen LogP contribution in [0.4, 0.5) is 0 Å². The largest absolute Gasteiger partial charge is 0.392 e. The van der Waals surface area contributed by atoms with Crippen LogP contribution in [0.3, 0.4) is 0 Å². The number of aliphatic hydroxyl groups is 1. The van der Waals surface area contributed by atoms with Crippen molar-refractivity contribution in [2.24, 2.45) is 0 Å². The lowest BCUT2D eigenvalue weighted by Gasteiger charge is -2.02. The van der Waals surface area contributed by atoms with Gasteiger partial charge in [0.1, 0.15) is 0 Å². The molecule has 0 aliphatic carbocycles. The van der Waals surface area contributed by atoms with Crippen LogP contribution in [0.2, 0.25) is 0 Å². The number of aromatic nitrogens is 2. The van der Waals surface area contributed by atoms with E-state index in [9.17, 15) is 5.11 Å². The minimum absolute atomic E-state index is 0.0751. The highest BCUT2D eigenvalue weighted by Crippen LogP contribution is 2.23. The first-order chi connectivity index (χ1) is 9.81. The number of aliphatic hydroxyl groups excluding tert-OH is 1. The van der Waals surface area contributed by atoms with Gasteiger partial charge in [-0.2, -0.15) is 0 Å². The second-order valence-corrected chi connectivity index (χ2v) is 5.88. The second kappa shape index (κ2) is 5.77. The van der Waals surface area contributed by atoms with Crippen molar-refractivity contribution in [2.75, 3.05) is 0 Å². The lowest BCUT2D eigenvalue weighted by molar-refractivity contribution is 0.283. The number of thiazole rings is 1. The summed E-state index contributed by atoms with van der Waals surface area (Å²) < 4.78 is 2.17. The number of benzene rings is 1. The van der Waals surface area contributed by atoms with E-state index in [0.29, 0.717) is 0 Å². The van der Waals surface area contributed by atoms with Crippen LogP contribution in [0.25, 0.3) is 10.9 Å². The molecule has 0 fully saturated rings. The molecular weight excluding hydrogens is 268 g/mol. The molecule has 3 aromatic rings. The standard InChI is InChI=1S/C16H18N2OS/c1-2-5-16-17-13(11-20-16)9-18-8-12(10-19)14-6-3-4-7-15(14)18/h3-4,6-8,11,19H,2,5,9-10H2,1H3. The van der Waals surface area contributed by atoms with E-state index >= 15 is 0 Å². The van der Waals surface area contributed by atoms with E-state index in [-0.39, 0.29) is 6.61 Å². The van der Waals surface area contributed by atoms with Gasteiger partial charge in [0.15, 0.2) is 0 Å². The highest BCUT2D eigenvalue weighted by atomic mass is 32.1. The highest BCUT2D eigenvalue weighted by Gasteiger charge is 2.09. The number of hydrogen-bond acceptors (Lipinski definition) is 3. The van der Waals surface area contributed by atoms with Gasteiger partial charge in [-0.1, -0.05) is 25.1 Å². The van der Waals surface area contributed by atoms with E-state index in [0.717, 1.165) is 41.5 Å². The zero-order chi connectivity index (χ0) is 13.9. The Morgan fingerprint density at radius 2 is 2.15 bits per heavy atom. The van der Waals surface area contributed by atoms with Gasteiger partial charge in [0.2, 0.25) is 0 Å². The Labute approximate surface area is 122 Å². The summed E-state index contributed by atoms with van der Waals surface area (Å²) in [5.41, 5.74) is 3.23. The molecule has 1 aromatic carbocycles. The fourth-order valence-electron chi connectivity index (χ4n) is 2.50. The van der Waals surface area contributed by atoms with Gasteiger partial charge in [-0.3, -0.25) is 0 Å². The molecular formula is C16H18N2OS. The molecule has 0 aliphatic rings. The Hall–Kier alpha value is -1.65. The second-order valence-electron chi connectivity index (χ2n) is 4.94. The highest BCUT2D eigenvalue weighted by molar-refractivity contribution is 7.09. The maximum absolute atomic E-state index is 9.46. The van der Waals surface area contributed by atoms with Crippen molar-refractivity contribution in [1.29, 1.82) is 0 Å². The van der Waals surface area contributed by atoms with Crippen LogP contribution in [0.1, 0.15) is 29.6 Å². The minimum atomic E-state index is 0.0751. The molecule has 0 atom stereocenters. The Morgan fingerprint density at radius 3 is 2.95 bits per heavy atom. The zero-order valence-corrected chi connectivity index (χ0v) is 12.4. The molecule has 0 bridgehead atoms. The number of fused-ring (bicyclic) bond motifs is 1. The summed E-state index contributed by atoms with van der Waals surface area (Å²) in [4.78, 5) is 4.67. The summed E-state index contributed by atoms with van der Waals surface area (Å²) in [5, 5.41) is 13.9. The van der Waals surface area contributed by atoms with Gasteiger partial charge >= 0.3 is 0 Å². The SMILES string of the molecule is CCCc1nc(Cn2cc(CO)c3ccccc32)cs1. The third-order valence-electron chi connectivity index (χ3n) is 3.44. The first-order valence-corrected chi connectivity index (χ1v) is 7.80. The maximum Gasteiger partial charge on any atom is 0.0928 e. The molecule has 104 valence electrons. The summed E-state index contributed by atoms with van der Waals surface area (Å²) in [6, 6.07) is 8.19. The number of hydrogen-bond donors (Lipinski definition) is 1. The molecule has 0 unspecified atom stereocenters. The normalized spacial score (nSPS) is 11.3. The summed E-state index contributed by atoms with van der Waals surface area (Å²) in [7, 11) is 0. The van der Waals surface area contributed by atoms with Crippen molar-refractivity contribution in [3.05, 3.63) is 52.1 Å². The van der Waals surface area contributed by atoms with Crippen LogP contribution in [-0.4, -0.2) is 14.7 Å². The van der Waals surface area contributed by atoms with Gasteiger partial charge in [-0.15, -0.1) is 11.3 Å². The van der Waals surface area contributed by atoms with Crippen molar-refractivity contribution >= 4 is 22.2 Å². The zero-order valence-electron chi connectivity index (χ0n) is 11.5. The molecule has 0 spiro atoms. The number of para-hydroxylation sites is 1. The van der Waals surface area contributed by atoms with E-state index < -0.39 is 0 Å². The van der Waals surface area contributed by atoms with Gasteiger partial charge in [0.05, 0.1) is 23.9 Å². The number of nitrogens with zero attached hydrogens (tertiary/aromatic N) is 2. The van der Waals surface area contributed by atoms with Crippen molar-refractivity contribution in [2.45, 2.75) is 32.9 Å². The van der Waals surface area contributed by atoms with Gasteiger partial charge in [-0.25, -0.2) is 4.98 Å². The molecule has 0 amide bonds. The van der Waals surface area contributed by atoms with Gasteiger partial charge in [0.25, 0.3) is 0 Å². The molecule has 0 saturated carbocycles. The first-order valence-electron chi connectivity index (χ1n) is 6.92. The van der Waals surface area contributed by atoms with E-state index in [4.69, 9.17) is 0 Å². The Balaban J connectivity index is 1.93. The summed E-state index contributed by atoms with van der Waals surface area (Å²) in [5.74, 6) is 0. The van der Waals surface area contributed by atoms with Crippen LogP contribution < -0.4 is 0 Å². The van der Waals surface area contributed by atoms with Crippen LogP contribution >= 0.6 is 11.3 Å². The van der Waals surface area contributed by atoms with Gasteiger partial charge in [-0.05, 0) is 18.9 Å². The van der Waals surface area contributed by atoms with E-state index in [1.165, 1.54) is 5.01 Å². The fraction of sp³-hybridized carbons (Fsp3) is 0.312. The topological polar surface area (TPSA) is 38.0 Å². The molecule has 3 nitrogen and oxygen atoms in total. The van der Waals surface area contributed by atoms with E-state index in [2.05, 4.69) is 34.0 Å². The third kappa shape index (κ3) is 2.49. The van der Waals surface area contributed by atoms with Crippen molar-refractivity contribution in [3.63, 3.8) is 0 Å². The molecule has 3 rings (SSSR count). The smallest absolute Gasteiger partial charge is 0.0928 e. The average molecular weight is 286 g/mol. The minimum Gasteiger partial charge on any atom is -0.392 e. The van der Waals surface area contributed by atoms with Gasteiger partial charge in [0, 0.05) is 28.0 Å². The Bertz CT molecular complexity index is 714. The maximum atomic E-state index is 9.46. The summed E-state index contributed by atoms with van der Waals surface area (Å²) in [6.45, 7) is 3.01. The van der Waals surface area contributed by atoms with Gasteiger partial charge < -0.3 is 9.67 Å². The van der Waals surface area contributed by atoms with Crippen molar-refractivity contribution in [3.8, 4) is 0 Å². The summed E-state index contributed by atoms with van der Waals surface area (Å²) in [6.07, 6.45) is 4.22. The molecule has 2 heterocycles. The molecule has 2 aromatic heterocycles. The Morgan fingerprint density at radius 1 is 1.30 bits per heavy atom. The van der Waals surface area contributed by atoms with E-state index in [1.807, 2.05) is 18.3 Å². The number of rotatable bonds is 5. The lowest BCUT2D eigenvalue weighted by atomic mass is 10.2. The van der Waals surface area contributed by atoms with Crippen LogP contribution in [0.15, 0.2) is 35.8 Å². The fourth-order valence-corrected chi connectivity index (χ4v) is 3.40. The molecule has 0 aliphatic heterocycles. The monoisotopic (exact) mass is 286 g/mol. The summed E-state index contributed by atoms with van der Waals surface area (Å²) >= 11 is 1.74. The Kier molecular flexibility index (Phi) is 3.85. The number of aryl methyl sites for hydroxylation is 1. The van der Waals surface area contributed by atoms with Crippen LogP contribution in [0.5, 0.6) is 0 Å². The predicted octanol–water partition coefficient (Wildman–Crippen LogP) is 3.59. The van der Waals surface area contributed by atoms with Crippen LogP contribution in [-0.2, 0) is 19.6 Å². The predicted molar refractivity (Wildman–Crippen MR) is 83.1 cm³/mol. The average Bonchev–Trinajstić information content (AvgIpc) is 3.05. The van der Waals surface area contributed by atoms with Crippen molar-refractivity contribution < 1.29 is 5.11 Å². The molecule has 20 heavy (non-hydrogen) atoms. The molecule has 1 N–H and O–H groups in total. The lowest BCUT2D eigenvalue weighted by Crippen LogP contribution is -1.98.